The van der Waals surface area contributed by atoms with E-state index in [4.69, 9.17) is 9.47 Å². The number of carbonyl (C=O) groups excluding carboxylic acids is 1. The Labute approximate surface area is 129 Å². The first kappa shape index (κ1) is 14.6. The number of para-hydroxylation sites is 1. The number of amides is 1. The van der Waals surface area contributed by atoms with Crippen molar-refractivity contribution in [2.24, 2.45) is 0 Å². The van der Waals surface area contributed by atoms with Gasteiger partial charge in [0.15, 0.2) is 0 Å². The molecule has 1 atom stereocenters. The Hall–Kier alpha value is -2.34. The van der Waals surface area contributed by atoms with Crippen LogP contribution < -0.4 is 10.1 Å². The molecule has 1 fully saturated rings. The van der Waals surface area contributed by atoms with Gasteiger partial charge in [0.05, 0.1) is 38.1 Å². The van der Waals surface area contributed by atoms with Gasteiger partial charge in [0.25, 0.3) is 0 Å². The molecule has 6 nitrogen and oxygen atoms in total. The molecule has 2 aromatic rings. The Kier molecular flexibility index (Phi) is 4.39. The molecule has 0 spiro atoms. The number of hydrogen-bond donors (Lipinski definition) is 1. The predicted octanol–water partition coefficient (Wildman–Crippen LogP) is 2.03. The molecule has 1 amide bonds. The lowest BCUT2D eigenvalue weighted by atomic mass is 10.1. The highest BCUT2D eigenvalue weighted by Gasteiger charge is 2.18. The zero-order valence-corrected chi connectivity index (χ0v) is 12.5. The van der Waals surface area contributed by atoms with Gasteiger partial charge >= 0.3 is 0 Å². The van der Waals surface area contributed by atoms with Gasteiger partial charge in [0.2, 0.25) is 5.91 Å². The van der Waals surface area contributed by atoms with Crippen LogP contribution in [-0.2, 0) is 16.0 Å². The van der Waals surface area contributed by atoms with E-state index in [2.05, 4.69) is 10.4 Å². The van der Waals surface area contributed by atoms with Gasteiger partial charge in [-0.25, -0.2) is 0 Å². The Balaban J connectivity index is 1.62. The van der Waals surface area contributed by atoms with Crippen molar-refractivity contribution in [3.8, 4) is 5.75 Å². The average Bonchev–Trinajstić information content (AvgIpc) is 3.18. The molecule has 1 saturated heterocycles. The zero-order valence-electron chi connectivity index (χ0n) is 12.5. The van der Waals surface area contributed by atoms with Gasteiger partial charge in [0, 0.05) is 18.4 Å². The molecule has 1 aromatic heterocycles. The summed E-state index contributed by atoms with van der Waals surface area (Å²) in [4.78, 5) is 12.2. The van der Waals surface area contributed by atoms with Crippen molar-refractivity contribution in [2.45, 2.75) is 18.9 Å². The van der Waals surface area contributed by atoms with Gasteiger partial charge in [-0.1, -0.05) is 18.2 Å². The molecule has 6 heteroatoms. The third-order valence-electron chi connectivity index (χ3n) is 3.71. The Morgan fingerprint density at radius 2 is 2.36 bits per heavy atom. The maximum atomic E-state index is 12.2. The summed E-state index contributed by atoms with van der Waals surface area (Å²) in [6.07, 6.45) is 4.73. The number of nitrogens with one attached hydrogen (secondary N) is 1. The van der Waals surface area contributed by atoms with Crippen LogP contribution in [0.4, 0.5) is 5.69 Å². The standard InChI is InChI=1S/C16H19N3O3/c1-21-15-5-3-2-4-12(15)8-16(20)18-13-9-17-19(10-13)14-6-7-22-11-14/h2-5,9-10,14H,6-8,11H2,1H3,(H,18,20). The van der Waals surface area contributed by atoms with E-state index in [1.165, 1.54) is 0 Å². The van der Waals surface area contributed by atoms with E-state index in [-0.39, 0.29) is 18.4 Å². The second-order valence-corrected chi connectivity index (χ2v) is 5.26. The number of aromatic nitrogens is 2. The highest BCUT2D eigenvalue weighted by Crippen LogP contribution is 2.21. The first-order chi connectivity index (χ1) is 10.8. The van der Waals surface area contributed by atoms with Gasteiger partial charge in [-0.15, -0.1) is 0 Å². The SMILES string of the molecule is COc1ccccc1CC(=O)Nc1cnn(C2CCOC2)c1. The van der Waals surface area contributed by atoms with Crippen molar-refractivity contribution >= 4 is 11.6 Å². The van der Waals surface area contributed by atoms with Crippen LogP contribution >= 0.6 is 0 Å². The Morgan fingerprint density at radius 1 is 1.50 bits per heavy atom. The topological polar surface area (TPSA) is 65.4 Å². The summed E-state index contributed by atoms with van der Waals surface area (Å²) >= 11 is 0. The lowest BCUT2D eigenvalue weighted by Crippen LogP contribution is -2.14. The number of anilines is 1. The van der Waals surface area contributed by atoms with Crippen LogP contribution in [0.2, 0.25) is 0 Å². The molecular formula is C16H19N3O3. The maximum Gasteiger partial charge on any atom is 0.229 e. The fourth-order valence-corrected chi connectivity index (χ4v) is 2.56. The number of methoxy groups -OCH3 is 1. The molecule has 116 valence electrons. The lowest BCUT2D eigenvalue weighted by molar-refractivity contribution is -0.115. The molecular weight excluding hydrogens is 282 g/mol. The van der Waals surface area contributed by atoms with E-state index in [1.807, 2.05) is 35.1 Å². The lowest BCUT2D eigenvalue weighted by Gasteiger charge is -2.08. The summed E-state index contributed by atoms with van der Waals surface area (Å²) in [6.45, 7) is 1.44. The van der Waals surface area contributed by atoms with Gasteiger partial charge in [0.1, 0.15) is 5.75 Å². The van der Waals surface area contributed by atoms with Crippen molar-refractivity contribution < 1.29 is 14.3 Å². The molecule has 0 saturated carbocycles. The predicted molar refractivity (Wildman–Crippen MR) is 82.0 cm³/mol. The third kappa shape index (κ3) is 3.28. The first-order valence-electron chi connectivity index (χ1n) is 7.30. The Morgan fingerprint density at radius 3 is 3.14 bits per heavy atom. The van der Waals surface area contributed by atoms with Crippen molar-refractivity contribution in [3.63, 3.8) is 0 Å². The van der Waals surface area contributed by atoms with E-state index in [0.29, 0.717) is 12.3 Å². The molecule has 3 rings (SSSR count). The van der Waals surface area contributed by atoms with E-state index in [0.717, 1.165) is 24.3 Å². The normalized spacial score (nSPS) is 17.4. The monoisotopic (exact) mass is 301 g/mol. The molecule has 1 aromatic carbocycles. The molecule has 1 N–H and O–H groups in total. The van der Waals surface area contributed by atoms with Crippen LogP contribution in [0.15, 0.2) is 36.7 Å². The molecule has 1 aliphatic rings. The summed E-state index contributed by atoms with van der Waals surface area (Å²) in [7, 11) is 1.60. The zero-order chi connectivity index (χ0) is 15.4. The van der Waals surface area contributed by atoms with Gasteiger partial charge in [-0.3, -0.25) is 9.48 Å². The summed E-state index contributed by atoms with van der Waals surface area (Å²) in [5.41, 5.74) is 1.56. The number of hydrogen-bond acceptors (Lipinski definition) is 4. The molecule has 1 aliphatic heterocycles. The van der Waals surface area contributed by atoms with E-state index >= 15 is 0 Å². The molecule has 1 unspecified atom stereocenters. The number of rotatable bonds is 5. The summed E-state index contributed by atoms with van der Waals surface area (Å²) in [6, 6.07) is 7.77. The largest absolute Gasteiger partial charge is 0.496 e. The van der Waals surface area contributed by atoms with Crippen molar-refractivity contribution in [1.82, 2.24) is 9.78 Å². The highest BCUT2D eigenvalue weighted by atomic mass is 16.5. The molecule has 0 bridgehead atoms. The number of carbonyl (C=O) groups is 1. The maximum absolute atomic E-state index is 12.2. The first-order valence-corrected chi connectivity index (χ1v) is 7.30. The summed E-state index contributed by atoms with van der Waals surface area (Å²) in [5.74, 6) is 0.628. The van der Waals surface area contributed by atoms with Crippen LogP contribution in [0.25, 0.3) is 0 Å². The molecule has 0 aliphatic carbocycles. The van der Waals surface area contributed by atoms with Crippen LogP contribution in [0, 0.1) is 0 Å². The minimum atomic E-state index is -0.0910. The quantitative estimate of drug-likeness (QED) is 0.918. The molecule has 2 heterocycles. The number of nitrogens with zero attached hydrogens (tertiary/aromatic N) is 2. The summed E-state index contributed by atoms with van der Waals surface area (Å²) in [5, 5.41) is 7.16. The second-order valence-electron chi connectivity index (χ2n) is 5.26. The van der Waals surface area contributed by atoms with Gasteiger partial charge < -0.3 is 14.8 Å². The van der Waals surface area contributed by atoms with Crippen molar-refractivity contribution in [2.75, 3.05) is 25.6 Å². The van der Waals surface area contributed by atoms with Gasteiger partial charge in [-0.2, -0.15) is 5.10 Å². The van der Waals surface area contributed by atoms with E-state index in [1.54, 1.807) is 13.3 Å². The minimum Gasteiger partial charge on any atom is -0.496 e. The fraction of sp³-hybridized carbons (Fsp3) is 0.375. The van der Waals surface area contributed by atoms with Crippen LogP contribution in [0.1, 0.15) is 18.0 Å². The van der Waals surface area contributed by atoms with Crippen molar-refractivity contribution in [1.29, 1.82) is 0 Å². The van der Waals surface area contributed by atoms with E-state index < -0.39 is 0 Å². The van der Waals surface area contributed by atoms with Gasteiger partial charge in [-0.05, 0) is 12.5 Å². The number of ether oxygens (including phenoxy) is 2. The molecule has 0 radical (unpaired) electrons. The van der Waals surface area contributed by atoms with Crippen LogP contribution in [0.5, 0.6) is 5.75 Å². The highest BCUT2D eigenvalue weighted by molar-refractivity contribution is 5.92. The number of benzene rings is 1. The fourth-order valence-electron chi connectivity index (χ4n) is 2.56. The Bertz CT molecular complexity index is 648. The second kappa shape index (κ2) is 6.62. The third-order valence-corrected chi connectivity index (χ3v) is 3.71. The van der Waals surface area contributed by atoms with Crippen LogP contribution in [0.3, 0.4) is 0 Å². The average molecular weight is 301 g/mol. The summed E-state index contributed by atoms with van der Waals surface area (Å²) < 4.78 is 12.5. The molecule has 22 heavy (non-hydrogen) atoms. The minimum absolute atomic E-state index is 0.0910. The van der Waals surface area contributed by atoms with Crippen LogP contribution in [-0.4, -0.2) is 36.0 Å². The smallest absolute Gasteiger partial charge is 0.229 e. The van der Waals surface area contributed by atoms with E-state index in [9.17, 15) is 4.79 Å². The van der Waals surface area contributed by atoms with Crippen molar-refractivity contribution in [3.05, 3.63) is 42.2 Å².